The number of hydrogen-bond donors (Lipinski definition) is 0. The third kappa shape index (κ3) is 3.33. The van der Waals surface area contributed by atoms with E-state index in [1.165, 1.54) is 6.07 Å². The van der Waals surface area contributed by atoms with Gasteiger partial charge in [0.1, 0.15) is 5.58 Å². The Kier molecular flexibility index (Phi) is 4.94. The topological polar surface area (TPSA) is 87.9 Å². The van der Waals surface area contributed by atoms with Crippen molar-refractivity contribution in [3.8, 4) is 0 Å². The third-order valence-electron chi connectivity index (χ3n) is 5.92. The van der Waals surface area contributed by atoms with Crippen LogP contribution in [0.1, 0.15) is 43.7 Å². The molecule has 0 spiro atoms. The van der Waals surface area contributed by atoms with Gasteiger partial charge in [-0.3, -0.25) is 19.4 Å². The zero-order valence-electron chi connectivity index (χ0n) is 16.2. The van der Waals surface area contributed by atoms with E-state index in [1.54, 1.807) is 19.1 Å². The van der Waals surface area contributed by atoms with Gasteiger partial charge in [-0.1, -0.05) is 31.4 Å². The molecular formula is C21H21ClN2O5. The quantitative estimate of drug-likeness (QED) is 0.433. The minimum atomic E-state index is -0.868. The molecule has 7 nitrogen and oxygen atoms in total. The van der Waals surface area contributed by atoms with Crippen molar-refractivity contribution in [2.45, 2.75) is 52.1 Å². The molecule has 2 atom stereocenters. The van der Waals surface area contributed by atoms with E-state index >= 15 is 0 Å². The third-order valence-corrected chi connectivity index (χ3v) is 6.33. The molecular weight excluding hydrogens is 396 g/mol. The first-order valence-electron chi connectivity index (χ1n) is 9.70. The highest BCUT2D eigenvalue weighted by atomic mass is 35.5. The van der Waals surface area contributed by atoms with Crippen LogP contribution >= 0.6 is 11.6 Å². The standard InChI is InChI=1S/C21H21ClN2O5/c1-11-5-3-4-6-16(11)24-20(27)19(26)23(21(24)28)10-13-8-18(25)29-17-7-12(2)15(22)9-14(13)17/h7-9,11,16H,3-6,10H2,1-2H3/t11-,16+/m0/s1. The van der Waals surface area contributed by atoms with Crippen LogP contribution < -0.4 is 5.63 Å². The number of imide groups is 2. The van der Waals surface area contributed by atoms with E-state index in [0.29, 0.717) is 28.0 Å². The SMILES string of the molecule is Cc1cc2oc(=O)cc(CN3C(=O)C(=O)N([C@@H]4CCCC[C@@H]4C)C3=O)c2cc1Cl. The van der Waals surface area contributed by atoms with Crippen molar-refractivity contribution in [1.82, 2.24) is 9.80 Å². The van der Waals surface area contributed by atoms with Gasteiger partial charge >= 0.3 is 23.5 Å². The van der Waals surface area contributed by atoms with E-state index in [2.05, 4.69) is 0 Å². The molecule has 4 rings (SSSR count). The lowest BCUT2D eigenvalue weighted by molar-refractivity contribution is -0.144. The molecule has 0 bridgehead atoms. The first-order valence-corrected chi connectivity index (χ1v) is 10.1. The van der Waals surface area contributed by atoms with Crippen molar-refractivity contribution in [2.75, 3.05) is 0 Å². The molecule has 2 heterocycles. The Morgan fingerprint density at radius 2 is 1.79 bits per heavy atom. The number of hydrogen-bond acceptors (Lipinski definition) is 5. The van der Waals surface area contributed by atoms with E-state index < -0.39 is 23.5 Å². The van der Waals surface area contributed by atoms with Crippen molar-refractivity contribution in [1.29, 1.82) is 0 Å². The predicted octanol–water partition coefficient (Wildman–Crippen LogP) is 3.62. The average Bonchev–Trinajstić information content (AvgIpc) is 2.87. The Morgan fingerprint density at radius 1 is 1.07 bits per heavy atom. The number of urea groups is 1. The molecule has 4 amide bonds. The number of carbonyl (C=O) groups excluding carboxylic acids is 3. The largest absolute Gasteiger partial charge is 0.423 e. The first-order chi connectivity index (χ1) is 13.8. The highest BCUT2D eigenvalue weighted by molar-refractivity contribution is 6.44. The molecule has 1 aliphatic carbocycles. The molecule has 1 aromatic heterocycles. The van der Waals surface area contributed by atoms with Crippen LogP contribution in [-0.4, -0.2) is 33.7 Å². The molecule has 0 unspecified atom stereocenters. The fraction of sp³-hybridized carbons (Fsp3) is 0.429. The molecule has 1 saturated heterocycles. The zero-order valence-corrected chi connectivity index (χ0v) is 17.0. The van der Waals surface area contributed by atoms with Crippen molar-refractivity contribution in [2.24, 2.45) is 5.92 Å². The second kappa shape index (κ2) is 7.30. The summed E-state index contributed by atoms with van der Waals surface area (Å²) in [4.78, 5) is 52.2. The minimum absolute atomic E-state index is 0.149. The van der Waals surface area contributed by atoms with Gasteiger partial charge in [-0.15, -0.1) is 0 Å². The van der Waals surface area contributed by atoms with Crippen LogP contribution in [0.2, 0.25) is 5.02 Å². The van der Waals surface area contributed by atoms with Gasteiger partial charge in [0.05, 0.1) is 6.54 Å². The van der Waals surface area contributed by atoms with Gasteiger partial charge in [0.25, 0.3) is 0 Å². The van der Waals surface area contributed by atoms with Gasteiger partial charge in [-0.2, -0.15) is 0 Å². The first kappa shape index (κ1) is 19.6. The molecule has 2 fully saturated rings. The lowest BCUT2D eigenvalue weighted by atomic mass is 9.85. The van der Waals surface area contributed by atoms with E-state index in [9.17, 15) is 19.2 Å². The molecule has 2 aliphatic rings. The number of nitrogens with zero attached hydrogens (tertiary/aromatic N) is 2. The zero-order chi connectivity index (χ0) is 20.9. The van der Waals surface area contributed by atoms with Gasteiger partial charge in [0.2, 0.25) is 0 Å². The summed E-state index contributed by atoms with van der Waals surface area (Å²) in [5, 5.41) is 0.998. The van der Waals surface area contributed by atoms with Crippen molar-refractivity contribution in [3.63, 3.8) is 0 Å². The van der Waals surface area contributed by atoms with E-state index in [1.807, 2.05) is 6.92 Å². The summed E-state index contributed by atoms with van der Waals surface area (Å²) in [6.07, 6.45) is 3.59. The van der Waals surface area contributed by atoms with Crippen LogP contribution in [-0.2, 0) is 16.1 Å². The molecule has 0 radical (unpaired) electrons. The summed E-state index contributed by atoms with van der Waals surface area (Å²) in [5.74, 6) is -1.52. The lowest BCUT2D eigenvalue weighted by Gasteiger charge is -2.34. The Labute approximate surface area is 172 Å². The monoisotopic (exact) mass is 416 g/mol. The molecule has 8 heteroatoms. The van der Waals surface area contributed by atoms with Gasteiger partial charge in [-0.05, 0) is 48.9 Å². The number of carbonyl (C=O) groups is 3. The molecule has 1 saturated carbocycles. The fourth-order valence-corrected chi connectivity index (χ4v) is 4.45. The van der Waals surface area contributed by atoms with Crippen molar-refractivity contribution < 1.29 is 18.8 Å². The Balaban J connectivity index is 1.70. The predicted molar refractivity (Wildman–Crippen MR) is 106 cm³/mol. The van der Waals surface area contributed by atoms with E-state index in [4.69, 9.17) is 16.0 Å². The second-order valence-corrected chi connectivity index (χ2v) is 8.27. The van der Waals surface area contributed by atoms with Crippen LogP contribution in [0, 0.1) is 12.8 Å². The smallest absolute Gasteiger partial charge is 0.336 e. The number of benzene rings is 1. The van der Waals surface area contributed by atoms with Crippen LogP contribution in [0.4, 0.5) is 4.79 Å². The Hall–Kier alpha value is -2.67. The van der Waals surface area contributed by atoms with Gasteiger partial charge in [-0.25, -0.2) is 9.59 Å². The molecule has 1 aromatic carbocycles. The number of amides is 4. The number of fused-ring (bicyclic) bond motifs is 1. The fourth-order valence-electron chi connectivity index (χ4n) is 4.28. The normalized spacial score (nSPS) is 22.8. The summed E-state index contributed by atoms with van der Waals surface area (Å²) in [6, 6.07) is 3.60. The number of rotatable bonds is 3. The average molecular weight is 417 g/mol. The van der Waals surface area contributed by atoms with E-state index in [-0.39, 0.29) is 18.5 Å². The number of aryl methyl sites for hydroxylation is 1. The summed E-state index contributed by atoms with van der Waals surface area (Å²) < 4.78 is 5.23. The maximum absolute atomic E-state index is 13.0. The van der Waals surface area contributed by atoms with Crippen LogP contribution in [0.15, 0.2) is 27.4 Å². The summed E-state index contributed by atoms with van der Waals surface area (Å²) in [7, 11) is 0. The molecule has 2 aromatic rings. The highest BCUT2D eigenvalue weighted by Gasteiger charge is 2.49. The molecule has 29 heavy (non-hydrogen) atoms. The molecule has 0 N–H and O–H groups in total. The number of halogens is 1. The Bertz CT molecular complexity index is 1090. The Morgan fingerprint density at radius 3 is 2.52 bits per heavy atom. The molecule has 152 valence electrons. The van der Waals surface area contributed by atoms with Crippen LogP contribution in [0.25, 0.3) is 11.0 Å². The lowest BCUT2D eigenvalue weighted by Crippen LogP contribution is -2.46. The second-order valence-electron chi connectivity index (χ2n) is 7.87. The van der Waals surface area contributed by atoms with Gasteiger partial charge < -0.3 is 4.42 Å². The summed E-state index contributed by atoms with van der Waals surface area (Å²) >= 11 is 6.21. The highest BCUT2D eigenvalue weighted by Crippen LogP contribution is 2.32. The summed E-state index contributed by atoms with van der Waals surface area (Å²) in [6.45, 7) is 3.59. The maximum Gasteiger partial charge on any atom is 0.336 e. The van der Waals surface area contributed by atoms with Crippen molar-refractivity contribution in [3.05, 3.63) is 44.8 Å². The maximum atomic E-state index is 13.0. The van der Waals surface area contributed by atoms with E-state index in [0.717, 1.165) is 34.6 Å². The van der Waals surface area contributed by atoms with Gasteiger partial charge in [0, 0.05) is 22.5 Å². The van der Waals surface area contributed by atoms with Crippen molar-refractivity contribution >= 4 is 40.4 Å². The summed E-state index contributed by atoms with van der Waals surface area (Å²) in [5.41, 5.74) is 0.863. The van der Waals surface area contributed by atoms with Gasteiger partial charge in [0.15, 0.2) is 0 Å². The van der Waals surface area contributed by atoms with Crippen LogP contribution in [0.5, 0.6) is 0 Å². The molecule has 1 aliphatic heterocycles. The minimum Gasteiger partial charge on any atom is -0.423 e. The van der Waals surface area contributed by atoms with Crippen LogP contribution in [0.3, 0.4) is 0 Å².